The highest BCUT2D eigenvalue weighted by atomic mass is 79.9. The number of halogens is 1. The summed E-state index contributed by atoms with van der Waals surface area (Å²) >= 11 is 3.48. The van der Waals surface area contributed by atoms with Crippen molar-refractivity contribution in [3.63, 3.8) is 0 Å². The molecule has 80 valence electrons. The van der Waals surface area contributed by atoms with Gasteiger partial charge in [0.15, 0.2) is 0 Å². The van der Waals surface area contributed by atoms with E-state index in [-0.39, 0.29) is 0 Å². The molecule has 16 heavy (non-hydrogen) atoms. The first-order valence-electron chi connectivity index (χ1n) is 4.73. The first-order valence-corrected chi connectivity index (χ1v) is 5.53. The maximum atomic E-state index is 5.72. The summed E-state index contributed by atoms with van der Waals surface area (Å²) in [5.41, 5.74) is 8.53. The van der Waals surface area contributed by atoms with Crippen molar-refractivity contribution in [1.29, 1.82) is 0 Å². The highest BCUT2D eigenvalue weighted by Crippen LogP contribution is 2.34. The minimum atomic E-state index is 0.332. The Morgan fingerprint density at radius 3 is 2.94 bits per heavy atom. The lowest BCUT2D eigenvalue weighted by Gasteiger charge is -2.00. The number of hydrogen-bond acceptors (Lipinski definition) is 3. The zero-order valence-electron chi connectivity index (χ0n) is 8.20. The van der Waals surface area contributed by atoms with Crippen LogP contribution in [0.25, 0.3) is 22.0 Å². The quantitative estimate of drug-likeness (QED) is 0.718. The molecule has 0 atom stereocenters. The Labute approximate surface area is 99.6 Å². The van der Waals surface area contributed by atoms with E-state index in [0.717, 1.165) is 26.5 Å². The predicted molar refractivity (Wildman–Crippen MR) is 65.9 cm³/mol. The molecule has 4 nitrogen and oxygen atoms in total. The van der Waals surface area contributed by atoms with Gasteiger partial charge in [-0.1, -0.05) is 23.4 Å². The van der Waals surface area contributed by atoms with Crippen molar-refractivity contribution in [2.75, 3.05) is 5.73 Å². The molecule has 3 N–H and O–H groups in total. The predicted octanol–water partition coefficient (Wildman–Crippen LogP) is 3.17. The van der Waals surface area contributed by atoms with Crippen molar-refractivity contribution in [3.05, 3.63) is 35.1 Å². The van der Waals surface area contributed by atoms with E-state index in [2.05, 4.69) is 26.1 Å². The number of nitrogen functional groups attached to an aromatic ring is 1. The van der Waals surface area contributed by atoms with Gasteiger partial charge in [0.2, 0.25) is 5.88 Å². The lowest BCUT2D eigenvalue weighted by molar-refractivity contribution is 0.436. The molecular weight excluding hydrogens is 270 g/mol. The standard InChI is InChI=1S/C11H8BrN3O/c12-9-5-14-10-6(2-1-3-7(9)10)8-4-15-16-11(8)13/h1-5,14H,13H2. The van der Waals surface area contributed by atoms with Gasteiger partial charge in [0.05, 0.1) is 17.3 Å². The van der Waals surface area contributed by atoms with E-state index < -0.39 is 0 Å². The largest absolute Gasteiger partial charge is 0.367 e. The molecule has 5 heteroatoms. The Kier molecular flexibility index (Phi) is 2.00. The zero-order valence-corrected chi connectivity index (χ0v) is 9.78. The highest BCUT2D eigenvalue weighted by Gasteiger charge is 2.12. The molecule has 0 aliphatic carbocycles. The van der Waals surface area contributed by atoms with E-state index in [1.165, 1.54) is 0 Å². The monoisotopic (exact) mass is 277 g/mol. The third kappa shape index (κ3) is 1.25. The Bertz CT molecular complexity index is 656. The molecule has 3 aromatic rings. The van der Waals surface area contributed by atoms with E-state index in [1.807, 2.05) is 24.4 Å². The molecule has 2 heterocycles. The van der Waals surface area contributed by atoms with Crippen LogP contribution in [0.3, 0.4) is 0 Å². The lowest BCUT2D eigenvalue weighted by Crippen LogP contribution is -1.85. The Morgan fingerprint density at radius 1 is 1.31 bits per heavy atom. The second kappa shape index (κ2) is 3.38. The molecule has 0 amide bonds. The summed E-state index contributed by atoms with van der Waals surface area (Å²) in [6.07, 6.45) is 3.52. The van der Waals surface area contributed by atoms with Gasteiger partial charge in [0, 0.05) is 21.6 Å². The fourth-order valence-electron chi connectivity index (χ4n) is 1.80. The van der Waals surface area contributed by atoms with Crippen molar-refractivity contribution in [2.24, 2.45) is 0 Å². The van der Waals surface area contributed by atoms with Gasteiger partial charge in [-0.3, -0.25) is 0 Å². The summed E-state index contributed by atoms with van der Waals surface area (Å²) in [5.74, 6) is 0.332. The maximum Gasteiger partial charge on any atom is 0.230 e. The number of benzene rings is 1. The number of aromatic nitrogens is 2. The van der Waals surface area contributed by atoms with Gasteiger partial charge in [0.1, 0.15) is 0 Å². The smallest absolute Gasteiger partial charge is 0.230 e. The number of nitrogens with two attached hydrogens (primary N) is 1. The fraction of sp³-hybridized carbons (Fsp3) is 0. The van der Waals surface area contributed by atoms with Crippen LogP contribution in [0.5, 0.6) is 0 Å². The van der Waals surface area contributed by atoms with E-state index in [0.29, 0.717) is 5.88 Å². The molecule has 1 aromatic carbocycles. The van der Waals surface area contributed by atoms with Gasteiger partial charge >= 0.3 is 0 Å². The third-order valence-corrected chi connectivity index (χ3v) is 3.21. The van der Waals surface area contributed by atoms with Gasteiger partial charge in [-0.05, 0) is 15.9 Å². The molecule has 0 fully saturated rings. The summed E-state index contributed by atoms with van der Waals surface area (Å²) in [5, 5.41) is 4.80. The van der Waals surface area contributed by atoms with E-state index >= 15 is 0 Å². The molecule has 3 rings (SSSR count). The molecule has 0 spiro atoms. The minimum Gasteiger partial charge on any atom is -0.367 e. The number of H-pyrrole nitrogens is 1. The van der Waals surface area contributed by atoms with Crippen LogP contribution in [0.15, 0.2) is 39.6 Å². The average molecular weight is 278 g/mol. The van der Waals surface area contributed by atoms with Gasteiger partial charge in [-0.25, -0.2) is 0 Å². The van der Waals surface area contributed by atoms with Gasteiger partial charge in [0.25, 0.3) is 0 Å². The second-order valence-corrected chi connectivity index (χ2v) is 4.32. The van der Waals surface area contributed by atoms with Crippen LogP contribution in [0.2, 0.25) is 0 Å². The van der Waals surface area contributed by atoms with Crippen LogP contribution in [0.4, 0.5) is 5.88 Å². The molecule has 0 aliphatic rings. The molecule has 0 aliphatic heterocycles. The number of nitrogens with one attached hydrogen (secondary N) is 1. The normalized spacial score (nSPS) is 11.1. The summed E-state index contributed by atoms with van der Waals surface area (Å²) < 4.78 is 5.90. The number of anilines is 1. The summed E-state index contributed by atoms with van der Waals surface area (Å²) in [4.78, 5) is 3.20. The van der Waals surface area contributed by atoms with Crippen molar-refractivity contribution in [1.82, 2.24) is 10.1 Å². The molecule has 0 radical (unpaired) electrons. The van der Waals surface area contributed by atoms with Crippen LogP contribution < -0.4 is 5.73 Å². The molecule has 2 aromatic heterocycles. The third-order valence-electron chi connectivity index (χ3n) is 2.55. The van der Waals surface area contributed by atoms with Crippen molar-refractivity contribution < 1.29 is 4.52 Å². The fourth-order valence-corrected chi connectivity index (χ4v) is 2.24. The van der Waals surface area contributed by atoms with Crippen molar-refractivity contribution in [3.8, 4) is 11.1 Å². The second-order valence-electron chi connectivity index (χ2n) is 3.47. The number of nitrogens with zero attached hydrogens (tertiary/aromatic N) is 1. The topological polar surface area (TPSA) is 67.8 Å². The summed E-state index contributed by atoms with van der Waals surface area (Å²) in [6.45, 7) is 0. The number of aromatic amines is 1. The molecular formula is C11H8BrN3O. The first-order chi connectivity index (χ1) is 7.77. The van der Waals surface area contributed by atoms with Crippen LogP contribution in [-0.2, 0) is 0 Å². The number of hydrogen-bond donors (Lipinski definition) is 2. The first kappa shape index (κ1) is 9.47. The Hall–Kier alpha value is -1.75. The van der Waals surface area contributed by atoms with Crippen LogP contribution in [0, 0.1) is 0 Å². The maximum absolute atomic E-state index is 5.72. The van der Waals surface area contributed by atoms with Crippen LogP contribution in [0.1, 0.15) is 0 Å². The zero-order chi connectivity index (χ0) is 11.1. The molecule has 0 unspecified atom stereocenters. The van der Waals surface area contributed by atoms with E-state index in [4.69, 9.17) is 10.3 Å². The summed E-state index contributed by atoms with van der Waals surface area (Å²) in [7, 11) is 0. The van der Waals surface area contributed by atoms with Gasteiger partial charge in [-0.2, -0.15) is 0 Å². The number of rotatable bonds is 1. The minimum absolute atomic E-state index is 0.332. The number of para-hydroxylation sites is 1. The Morgan fingerprint density at radius 2 is 2.19 bits per heavy atom. The lowest BCUT2D eigenvalue weighted by atomic mass is 10.1. The van der Waals surface area contributed by atoms with Gasteiger partial charge in [-0.15, -0.1) is 0 Å². The molecule has 0 saturated carbocycles. The SMILES string of the molecule is Nc1oncc1-c1cccc2c(Br)c[nH]c12. The number of fused-ring (bicyclic) bond motifs is 1. The van der Waals surface area contributed by atoms with E-state index in [1.54, 1.807) is 6.20 Å². The summed E-state index contributed by atoms with van der Waals surface area (Å²) in [6, 6.07) is 5.99. The van der Waals surface area contributed by atoms with Gasteiger partial charge < -0.3 is 15.2 Å². The van der Waals surface area contributed by atoms with Crippen LogP contribution in [-0.4, -0.2) is 10.1 Å². The molecule has 0 bridgehead atoms. The average Bonchev–Trinajstić information content (AvgIpc) is 2.86. The highest BCUT2D eigenvalue weighted by molar-refractivity contribution is 9.10. The van der Waals surface area contributed by atoms with Crippen molar-refractivity contribution in [2.45, 2.75) is 0 Å². The Balaban J connectivity index is 2.36. The molecule has 0 saturated heterocycles. The van der Waals surface area contributed by atoms with Crippen LogP contribution >= 0.6 is 15.9 Å². The van der Waals surface area contributed by atoms with Crippen molar-refractivity contribution >= 4 is 32.7 Å². The van der Waals surface area contributed by atoms with E-state index in [9.17, 15) is 0 Å².